The SMILES string of the molecule is CCOC(=O)C1=C(C)N=c2s/c(=C/c3cc(OC)c(O)c(OC)c3)c(=O)n2[C@H]1c1ccc(OC)cc1OC. The molecule has 0 radical (unpaired) electrons. The summed E-state index contributed by atoms with van der Waals surface area (Å²) in [5.41, 5.74) is 1.46. The standard InChI is InChI=1S/C27H28N2O8S/c1-7-37-26(32)22-14(2)28-27-29(23(22)17-9-8-16(33-3)13-18(17)34-4)25(31)21(38-27)12-15-10-19(35-5)24(30)20(11-15)36-6/h8-13,23,30H,7H2,1-6H3/b21-12+/t23-/m0/s1. The summed E-state index contributed by atoms with van der Waals surface area (Å²) < 4.78 is 28.6. The van der Waals surface area contributed by atoms with Crippen molar-refractivity contribution in [2.75, 3.05) is 35.0 Å². The van der Waals surface area contributed by atoms with Crippen LogP contribution in [0.25, 0.3) is 6.08 Å². The molecule has 38 heavy (non-hydrogen) atoms. The topological polar surface area (TPSA) is 118 Å². The van der Waals surface area contributed by atoms with E-state index in [0.29, 0.717) is 37.7 Å². The second-order valence-corrected chi connectivity index (χ2v) is 9.19. The number of carbonyl (C=O) groups excluding carboxylic acids is 1. The number of esters is 1. The fourth-order valence-electron chi connectivity index (χ4n) is 4.28. The van der Waals surface area contributed by atoms with Gasteiger partial charge in [-0.3, -0.25) is 9.36 Å². The molecule has 10 nitrogen and oxygen atoms in total. The molecule has 3 aromatic rings. The minimum absolute atomic E-state index is 0.144. The Hall–Kier alpha value is -4.25. The van der Waals surface area contributed by atoms with Crippen LogP contribution in [0.2, 0.25) is 0 Å². The highest BCUT2D eigenvalue weighted by molar-refractivity contribution is 7.07. The van der Waals surface area contributed by atoms with Crippen molar-refractivity contribution < 1.29 is 33.6 Å². The Morgan fingerprint density at radius 2 is 1.71 bits per heavy atom. The van der Waals surface area contributed by atoms with Gasteiger partial charge in [0.2, 0.25) is 5.75 Å². The minimum atomic E-state index is -0.850. The highest BCUT2D eigenvalue weighted by atomic mass is 32.1. The number of methoxy groups -OCH3 is 4. The number of phenols is 1. The Kier molecular flexibility index (Phi) is 7.77. The fourth-order valence-corrected chi connectivity index (χ4v) is 5.33. The van der Waals surface area contributed by atoms with Gasteiger partial charge in [-0.25, -0.2) is 9.79 Å². The third kappa shape index (κ3) is 4.72. The molecule has 0 aliphatic carbocycles. The molecule has 0 unspecified atom stereocenters. The van der Waals surface area contributed by atoms with E-state index < -0.39 is 12.0 Å². The zero-order valence-corrected chi connectivity index (χ0v) is 22.7. The maximum atomic E-state index is 13.9. The van der Waals surface area contributed by atoms with Gasteiger partial charge >= 0.3 is 5.97 Å². The van der Waals surface area contributed by atoms with Gasteiger partial charge in [0.1, 0.15) is 17.5 Å². The molecule has 2 heterocycles. The number of allylic oxidation sites excluding steroid dienone is 1. The number of nitrogens with zero attached hydrogens (tertiary/aromatic N) is 2. The molecule has 4 rings (SSSR count). The molecular formula is C27H28N2O8S. The first-order chi connectivity index (χ1) is 18.3. The van der Waals surface area contributed by atoms with Crippen LogP contribution in [0.5, 0.6) is 28.7 Å². The van der Waals surface area contributed by atoms with E-state index in [9.17, 15) is 14.7 Å². The average molecular weight is 541 g/mol. The minimum Gasteiger partial charge on any atom is -0.502 e. The average Bonchev–Trinajstić information content (AvgIpc) is 3.22. The van der Waals surface area contributed by atoms with Crippen LogP contribution in [0.15, 0.2) is 51.4 Å². The maximum absolute atomic E-state index is 13.9. The summed E-state index contributed by atoms with van der Waals surface area (Å²) in [4.78, 5) is 32.0. The third-order valence-electron chi connectivity index (χ3n) is 6.05. The molecule has 1 aliphatic rings. The van der Waals surface area contributed by atoms with Crippen LogP contribution in [-0.4, -0.2) is 50.7 Å². The van der Waals surface area contributed by atoms with E-state index in [1.54, 1.807) is 57.4 Å². The zero-order valence-electron chi connectivity index (χ0n) is 21.9. The molecule has 2 aromatic carbocycles. The van der Waals surface area contributed by atoms with Crippen molar-refractivity contribution in [3.63, 3.8) is 0 Å². The first-order valence-electron chi connectivity index (χ1n) is 11.6. The summed E-state index contributed by atoms with van der Waals surface area (Å²) in [5.74, 6) is 0.684. The number of rotatable bonds is 8. The molecule has 200 valence electrons. The molecule has 0 amide bonds. The van der Waals surface area contributed by atoms with Crippen molar-refractivity contribution in [1.82, 2.24) is 4.57 Å². The lowest BCUT2D eigenvalue weighted by molar-refractivity contribution is -0.139. The number of aromatic hydroxyl groups is 1. The number of thiazole rings is 1. The maximum Gasteiger partial charge on any atom is 0.338 e. The first kappa shape index (κ1) is 26.8. The van der Waals surface area contributed by atoms with Gasteiger partial charge in [0.25, 0.3) is 5.56 Å². The van der Waals surface area contributed by atoms with Crippen molar-refractivity contribution in [3.8, 4) is 28.7 Å². The highest BCUT2D eigenvalue weighted by Gasteiger charge is 2.35. The van der Waals surface area contributed by atoms with Gasteiger partial charge in [0.05, 0.1) is 50.8 Å². The molecule has 1 N–H and O–H groups in total. The normalized spacial score (nSPS) is 15.0. The number of carbonyl (C=O) groups is 1. The lowest BCUT2D eigenvalue weighted by Crippen LogP contribution is -2.40. The van der Waals surface area contributed by atoms with Gasteiger partial charge in [-0.1, -0.05) is 11.3 Å². The van der Waals surface area contributed by atoms with E-state index in [0.717, 1.165) is 0 Å². The van der Waals surface area contributed by atoms with Crippen LogP contribution in [0.1, 0.15) is 31.0 Å². The predicted octanol–water partition coefficient (Wildman–Crippen LogP) is 2.54. The molecule has 11 heteroatoms. The number of aromatic nitrogens is 1. The largest absolute Gasteiger partial charge is 0.502 e. The lowest BCUT2D eigenvalue weighted by atomic mass is 9.95. The summed E-state index contributed by atoms with van der Waals surface area (Å²) in [6.45, 7) is 3.59. The Bertz CT molecular complexity index is 1580. The van der Waals surface area contributed by atoms with Gasteiger partial charge < -0.3 is 28.8 Å². The second-order valence-electron chi connectivity index (χ2n) is 8.18. The van der Waals surface area contributed by atoms with Crippen molar-refractivity contribution >= 4 is 23.4 Å². The molecule has 0 saturated carbocycles. The lowest BCUT2D eigenvalue weighted by Gasteiger charge is -2.26. The third-order valence-corrected chi connectivity index (χ3v) is 7.04. The zero-order chi connectivity index (χ0) is 27.6. The number of phenolic OH excluding ortho intramolecular Hbond substituents is 1. The van der Waals surface area contributed by atoms with Crippen LogP contribution in [-0.2, 0) is 9.53 Å². The van der Waals surface area contributed by atoms with Crippen molar-refractivity contribution in [2.24, 2.45) is 4.99 Å². The Balaban J connectivity index is 1.99. The number of hydrogen-bond acceptors (Lipinski definition) is 10. The van der Waals surface area contributed by atoms with Gasteiger partial charge in [-0.15, -0.1) is 0 Å². The molecule has 0 fully saturated rings. The van der Waals surface area contributed by atoms with E-state index in [-0.39, 0.29) is 35.0 Å². The monoisotopic (exact) mass is 540 g/mol. The van der Waals surface area contributed by atoms with Crippen molar-refractivity contribution in [3.05, 3.63) is 72.4 Å². The first-order valence-corrected chi connectivity index (χ1v) is 12.5. The van der Waals surface area contributed by atoms with E-state index in [1.165, 1.54) is 37.2 Å². The predicted molar refractivity (Wildman–Crippen MR) is 141 cm³/mol. The van der Waals surface area contributed by atoms with Gasteiger partial charge in [0.15, 0.2) is 16.3 Å². The molecule has 0 spiro atoms. The van der Waals surface area contributed by atoms with Crippen LogP contribution in [0, 0.1) is 0 Å². The Labute approximate surface area is 222 Å². The second kappa shape index (κ2) is 11.0. The van der Waals surface area contributed by atoms with Gasteiger partial charge in [-0.2, -0.15) is 0 Å². The Morgan fingerprint density at radius 3 is 2.29 bits per heavy atom. The summed E-state index contributed by atoms with van der Waals surface area (Å²) in [5, 5.41) is 10.3. The molecule has 1 aliphatic heterocycles. The summed E-state index contributed by atoms with van der Waals surface area (Å²) in [6, 6.07) is 7.52. The summed E-state index contributed by atoms with van der Waals surface area (Å²) >= 11 is 1.17. The number of hydrogen-bond donors (Lipinski definition) is 1. The summed E-state index contributed by atoms with van der Waals surface area (Å²) in [7, 11) is 5.90. The van der Waals surface area contributed by atoms with E-state index in [2.05, 4.69) is 4.99 Å². The quantitative estimate of drug-likeness (QED) is 0.433. The molecule has 1 aromatic heterocycles. The van der Waals surface area contributed by atoms with Gasteiger partial charge in [-0.05, 0) is 49.8 Å². The van der Waals surface area contributed by atoms with Crippen LogP contribution in [0.4, 0.5) is 0 Å². The molecule has 1 atom stereocenters. The van der Waals surface area contributed by atoms with E-state index in [1.807, 2.05) is 0 Å². The molecule has 0 saturated heterocycles. The highest BCUT2D eigenvalue weighted by Crippen LogP contribution is 2.38. The smallest absolute Gasteiger partial charge is 0.338 e. The molecule has 0 bridgehead atoms. The molecular weight excluding hydrogens is 512 g/mol. The van der Waals surface area contributed by atoms with E-state index in [4.69, 9.17) is 23.7 Å². The van der Waals surface area contributed by atoms with Crippen molar-refractivity contribution in [1.29, 1.82) is 0 Å². The Morgan fingerprint density at radius 1 is 1.05 bits per heavy atom. The van der Waals surface area contributed by atoms with Crippen LogP contribution in [0.3, 0.4) is 0 Å². The summed E-state index contributed by atoms with van der Waals surface area (Å²) in [6.07, 6.45) is 1.65. The number of benzene rings is 2. The fraction of sp³-hybridized carbons (Fsp3) is 0.296. The van der Waals surface area contributed by atoms with Crippen LogP contribution >= 0.6 is 11.3 Å². The van der Waals surface area contributed by atoms with Crippen molar-refractivity contribution in [2.45, 2.75) is 19.9 Å². The van der Waals surface area contributed by atoms with Gasteiger partial charge in [0, 0.05) is 11.6 Å². The van der Waals surface area contributed by atoms with E-state index >= 15 is 0 Å². The number of ether oxygens (including phenoxy) is 5. The number of fused-ring (bicyclic) bond motifs is 1. The van der Waals surface area contributed by atoms with Crippen LogP contribution < -0.4 is 33.8 Å².